The van der Waals surface area contributed by atoms with E-state index < -0.39 is 17.6 Å². The van der Waals surface area contributed by atoms with Gasteiger partial charge < -0.3 is 10.0 Å². The fourth-order valence-electron chi connectivity index (χ4n) is 1.33. The number of hydrogen-bond donors (Lipinski definition) is 1. The topological polar surface area (TPSA) is 64.3 Å². The van der Waals surface area contributed by atoms with Crippen LogP contribution in [0, 0.1) is 23.0 Å². The van der Waals surface area contributed by atoms with Gasteiger partial charge >= 0.3 is 5.97 Å². The zero-order chi connectivity index (χ0) is 12.8. The van der Waals surface area contributed by atoms with Crippen LogP contribution in [0.25, 0.3) is 0 Å². The summed E-state index contributed by atoms with van der Waals surface area (Å²) in [6.07, 6.45) is -0.252. The molecule has 1 aromatic carbocycles. The van der Waals surface area contributed by atoms with Crippen LogP contribution in [0.1, 0.15) is 6.42 Å². The van der Waals surface area contributed by atoms with Crippen LogP contribution in [0.15, 0.2) is 18.2 Å². The molecule has 0 aromatic heterocycles. The molecule has 17 heavy (non-hydrogen) atoms. The van der Waals surface area contributed by atoms with Crippen LogP contribution in [0.3, 0.4) is 0 Å². The van der Waals surface area contributed by atoms with Gasteiger partial charge in [-0.1, -0.05) is 0 Å². The largest absolute Gasteiger partial charge is 0.481 e. The van der Waals surface area contributed by atoms with E-state index in [1.165, 1.54) is 4.90 Å². The highest BCUT2D eigenvalue weighted by molar-refractivity contribution is 5.67. The number of rotatable bonds is 5. The summed E-state index contributed by atoms with van der Waals surface area (Å²) < 4.78 is 26.4. The summed E-state index contributed by atoms with van der Waals surface area (Å²) >= 11 is 0. The van der Waals surface area contributed by atoms with Crippen LogP contribution in [0.5, 0.6) is 0 Å². The number of benzene rings is 1. The average molecular weight is 240 g/mol. The summed E-state index contributed by atoms with van der Waals surface area (Å²) in [5.41, 5.74) is -0.104. The number of nitriles is 1. The average Bonchev–Trinajstić information content (AvgIpc) is 2.27. The van der Waals surface area contributed by atoms with Gasteiger partial charge in [0.25, 0.3) is 0 Å². The lowest BCUT2D eigenvalue weighted by molar-refractivity contribution is -0.136. The zero-order valence-corrected chi connectivity index (χ0v) is 8.86. The minimum Gasteiger partial charge on any atom is -0.481 e. The molecule has 0 unspecified atom stereocenters. The highest BCUT2D eigenvalue weighted by Gasteiger charge is 2.13. The van der Waals surface area contributed by atoms with E-state index in [0.717, 1.165) is 18.2 Å². The summed E-state index contributed by atoms with van der Waals surface area (Å²) in [5, 5.41) is 17.1. The highest BCUT2D eigenvalue weighted by Crippen LogP contribution is 2.20. The molecule has 4 nitrogen and oxygen atoms in total. The van der Waals surface area contributed by atoms with Gasteiger partial charge in [0.2, 0.25) is 0 Å². The Morgan fingerprint density at radius 3 is 2.76 bits per heavy atom. The van der Waals surface area contributed by atoms with E-state index in [1.54, 1.807) is 6.07 Å². The first-order valence-corrected chi connectivity index (χ1v) is 4.83. The molecule has 0 radical (unpaired) electrons. The van der Waals surface area contributed by atoms with E-state index in [9.17, 15) is 13.6 Å². The molecule has 0 atom stereocenters. The van der Waals surface area contributed by atoms with E-state index >= 15 is 0 Å². The number of carbonyl (C=O) groups is 1. The third-order valence-corrected chi connectivity index (χ3v) is 2.11. The Bertz CT molecular complexity index is 457. The molecular weight excluding hydrogens is 230 g/mol. The number of aliphatic carboxylic acids is 1. The van der Waals surface area contributed by atoms with Crippen molar-refractivity contribution in [1.29, 1.82) is 5.26 Å². The Balaban J connectivity index is 2.92. The minimum atomic E-state index is -1.07. The standard InChI is InChI=1S/C11H10F2N2O2/c12-8-1-2-9(13)10(7-8)15(6-4-14)5-3-11(16)17/h1-2,7H,3,5-6H2,(H,16,17). The SMILES string of the molecule is N#CCN(CCC(=O)O)c1cc(F)ccc1F. The van der Waals surface area contributed by atoms with Crippen LogP contribution >= 0.6 is 0 Å². The predicted molar refractivity (Wildman–Crippen MR) is 56.4 cm³/mol. The molecule has 6 heteroatoms. The van der Waals surface area contributed by atoms with Crippen molar-refractivity contribution in [2.45, 2.75) is 6.42 Å². The molecule has 0 spiro atoms. The fourth-order valence-corrected chi connectivity index (χ4v) is 1.33. The van der Waals surface area contributed by atoms with Crippen molar-refractivity contribution >= 4 is 11.7 Å². The van der Waals surface area contributed by atoms with Crippen molar-refractivity contribution < 1.29 is 18.7 Å². The molecule has 0 amide bonds. The van der Waals surface area contributed by atoms with Crippen molar-refractivity contribution in [3.63, 3.8) is 0 Å². The molecule has 0 fully saturated rings. The van der Waals surface area contributed by atoms with Gasteiger partial charge in [-0.3, -0.25) is 4.79 Å². The molecule has 0 saturated carbocycles. The summed E-state index contributed by atoms with van der Waals surface area (Å²) in [5.74, 6) is -2.39. The lowest BCUT2D eigenvalue weighted by Crippen LogP contribution is -2.27. The second kappa shape index (κ2) is 5.80. The Labute approximate surface area is 96.7 Å². The number of carboxylic acids is 1. The van der Waals surface area contributed by atoms with Crippen molar-refractivity contribution in [3.05, 3.63) is 29.8 Å². The van der Waals surface area contributed by atoms with Crippen LogP contribution < -0.4 is 4.90 Å². The lowest BCUT2D eigenvalue weighted by Gasteiger charge is -2.21. The van der Waals surface area contributed by atoms with Gasteiger partial charge in [0.05, 0.1) is 18.2 Å². The molecular formula is C11H10F2N2O2. The minimum absolute atomic E-state index is 0.0523. The van der Waals surface area contributed by atoms with Crippen molar-refractivity contribution in [3.8, 4) is 6.07 Å². The number of nitrogens with zero attached hydrogens (tertiary/aromatic N) is 2. The molecule has 1 N–H and O–H groups in total. The maximum absolute atomic E-state index is 13.4. The van der Waals surface area contributed by atoms with Gasteiger partial charge in [-0.25, -0.2) is 8.78 Å². The third-order valence-electron chi connectivity index (χ3n) is 2.11. The maximum atomic E-state index is 13.4. The number of hydrogen-bond acceptors (Lipinski definition) is 3. The Morgan fingerprint density at radius 2 is 2.18 bits per heavy atom. The number of halogens is 2. The smallest absolute Gasteiger partial charge is 0.305 e. The van der Waals surface area contributed by atoms with Gasteiger partial charge in [0.15, 0.2) is 0 Å². The second-order valence-corrected chi connectivity index (χ2v) is 3.32. The zero-order valence-electron chi connectivity index (χ0n) is 8.86. The van der Waals surface area contributed by atoms with Crippen molar-refractivity contribution in [2.75, 3.05) is 18.0 Å². The van der Waals surface area contributed by atoms with Gasteiger partial charge in [0.1, 0.15) is 18.2 Å². The molecule has 0 aliphatic heterocycles. The molecule has 0 heterocycles. The molecule has 90 valence electrons. The summed E-state index contributed by atoms with van der Waals surface area (Å²) in [7, 11) is 0. The van der Waals surface area contributed by atoms with Crippen LogP contribution in [-0.2, 0) is 4.79 Å². The van der Waals surface area contributed by atoms with Crippen LogP contribution in [0.4, 0.5) is 14.5 Å². The van der Waals surface area contributed by atoms with Crippen LogP contribution in [0.2, 0.25) is 0 Å². The summed E-state index contributed by atoms with van der Waals surface area (Å²) in [6.45, 7) is -0.253. The monoisotopic (exact) mass is 240 g/mol. The van der Waals surface area contributed by atoms with E-state index in [-0.39, 0.29) is 25.2 Å². The third kappa shape index (κ3) is 3.72. The first-order valence-electron chi connectivity index (χ1n) is 4.83. The lowest BCUT2D eigenvalue weighted by atomic mass is 10.2. The van der Waals surface area contributed by atoms with E-state index in [1.807, 2.05) is 0 Å². The number of anilines is 1. The second-order valence-electron chi connectivity index (χ2n) is 3.32. The maximum Gasteiger partial charge on any atom is 0.305 e. The summed E-state index contributed by atoms with van der Waals surface area (Å²) in [4.78, 5) is 11.6. The van der Waals surface area contributed by atoms with E-state index in [2.05, 4.69) is 0 Å². The predicted octanol–water partition coefficient (Wildman–Crippen LogP) is 1.77. The first kappa shape index (κ1) is 12.9. The molecule has 0 saturated heterocycles. The quantitative estimate of drug-likeness (QED) is 0.796. The Hall–Kier alpha value is -2.16. The van der Waals surface area contributed by atoms with Gasteiger partial charge in [-0.05, 0) is 12.1 Å². The fraction of sp³-hybridized carbons (Fsp3) is 0.273. The van der Waals surface area contributed by atoms with Gasteiger partial charge in [0, 0.05) is 12.6 Å². The van der Waals surface area contributed by atoms with Crippen molar-refractivity contribution in [1.82, 2.24) is 0 Å². The molecule has 1 aromatic rings. The van der Waals surface area contributed by atoms with E-state index in [0.29, 0.717) is 0 Å². The molecule has 0 aliphatic carbocycles. The first-order chi connectivity index (χ1) is 8.04. The molecule has 0 aliphatic rings. The van der Waals surface area contributed by atoms with Gasteiger partial charge in [-0.2, -0.15) is 5.26 Å². The van der Waals surface area contributed by atoms with Crippen molar-refractivity contribution in [2.24, 2.45) is 0 Å². The van der Waals surface area contributed by atoms with Crippen LogP contribution in [-0.4, -0.2) is 24.2 Å². The molecule has 0 bridgehead atoms. The number of carboxylic acid groups (broad SMARTS) is 1. The van der Waals surface area contributed by atoms with Gasteiger partial charge in [-0.15, -0.1) is 0 Å². The molecule has 1 rings (SSSR count). The highest BCUT2D eigenvalue weighted by atomic mass is 19.1. The van der Waals surface area contributed by atoms with E-state index in [4.69, 9.17) is 10.4 Å². The Kier molecular flexibility index (Phi) is 4.40. The summed E-state index contributed by atoms with van der Waals surface area (Å²) in [6, 6.07) is 4.62. The normalized spacial score (nSPS) is 9.71. The Morgan fingerprint density at radius 1 is 1.47 bits per heavy atom.